The molecule has 0 saturated heterocycles. The molecule has 2 bridgehead atoms. The molecule has 2 fully saturated rings. The minimum Gasteiger partial charge on any atom is -0.595 e. The average Bonchev–Trinajstić information content (AvgIpc) is 2.69. The Morgan fingerprint density at radius 1 is 1.16 bits per heavy atom. The van der Waals surface area contributed by atoms with Gasteiger partial charge in [0, 0.05) is 17.2 Å². The van der Waals surface area contributed by atoms with E-state index in [0.717, 1.165) is 31.0 Å². The molecular formula is C17H26N4O4. The van der Waals surface area contributed by atoms with E-state index in [9.17, 15) is 15.6 Å². The molecule has 8 nitrogen and oxygen atoms in total. The number of nitrogens with zero attached hydrogens (tertiary/aromatic N) is 1. The number of hydrazone groups is 1. The monoisotopic (exact) mass is 350 g/mol. The van der Waals surface area contributed by atoms with Crippen molar-refractivity contribution in [3.05, 3.63) is 28.6 Å². The van der Waals surface area contributed by atoms with E-state index in [1.165, 1.54) is 18.6 Å². The molecule has 0 aromatic heterocycles. The highest BCUT2D eigenvalue weighted by atomic mass is 16.8. The maximum atomic E-state index is 11.5. The van der Waals surface area contributed by atoms with Gasteiger partial charge in [0.25, 0.3) is 0 Å². The molecule has 4 unspecified atom stereocenters. The van der Waals surface area contributed by atoms with Gasteiger partial charge in [-0.15, -0.1) is 0 Å². The van der Waals surface area contributed by atoms with Gasteiger partial charge < -0.3 is 10.4 Å². The molecule has 4 atom stereocenters. The van der Waals surface area contributed by atoms with Crippen LogP contribution in [0.25, 0.3) is 0 Å². The Morgan fingerprint density at radius 3 is 2.52 bits per heavy atom. The first-order chi connectivity index (χ1) is 11.7. The van der Waals surface area contributed by atoms with Crippen LogP contribution in [0.1, 0.15) is 46.5 Å². The number of hydrogen-bond donors (Lipinski definition) is 5. The number of benzene rings is 1. The third-order valence-electron chi connectivity index (χ3n) is 6.61. The van der Waals surface area contributed by atoms with Crippen molar-refractivity contribution in [2.24, 2.45) is 21.8 Å². The van der Waals surface area contributed by atoms with Crippen LogP contribution in [-0.2, 0) is 0 Å². The summed E-state index contributed by atoms with van der Waals surface area (Å²) in [6.07, 6.45) is 4.31. The predicted octanol–water partition coefficient (Wildman–Crippen LogP) is 1.50. The fourth-order valence-corrected chi connectivity index (χ4v) is 4.46. The molecule has 8 heteroatoms. The second kappa shape index (κ2) is 6.31. The largest absolute Gasteiger partial charge is 0.595 e. The van der Waals surface area contributed by atoms with E-state index in [0.29, 0.717) is 11.6 Å². The molecule has 2 saturated carbocycles. The van der Waals surface area contributed by atoms with Crippen LogP contribution in [0.5, 0.6) is 0 Å². The lowest BCUT2D eigenvalue weighted by atomic mass is 9.58. The Labute approximate surface area is 146 Å². The Balaban J connectivity index is 1.89. The number of fused-ring (bicyclic) bond motifs is 2. The SMILES string of the molecule is CC12CCC(CCC1=NNc1ccc([NH+]([O-])O)cc1[NH+]([O-])O)C2(C)C. The first-order valence-corrected chi connectivity index (χ1v) is 8.60. The average molecular weight is 350 g/mol. The first kappa shape index (κ1) is 18.2. The first-order valence-electron chi connectivity index (χ1n) is 8.60. The van der Waals surface area contributed by atoms with Gasteiger partial charge in [0.2, 0.25) is 0 Å². The second-order valence-electron chi connectivity index (χ2n) is 7.87. The molecule has 0 heterocycles. The molecular weight excluding hydrogens is 324 g/mol. The maximum absolute atomic E-state index is 11.5. The number of nitrogens with one attached hydrogen (secondary N) is 3. The summed E-state index contributed by atoms with van der Waals surface area (Å²) in [5.41, 5.74) is 4.31. The van der Waals surface area contributed by atoms with Crippen LogP contribution in [0.4, 0.5) is 17.1 Å². The summed E-state index contributed by atoms with van der Waals surface area (Å²) in [6, 6.07) is 4.01. The highest BCUT2D eigenvalue weighted by Crippen LogP contribution is 2.61. The van der Waals surface area contributed by atoms with Crippen LogP contribution in [0, 0.1) is 27.2 Å². The highest BCUT2D eigenvalue weighted by Gasteiger charge is 2.56. The van der Waals surface area contributed by atoms with E-state index >= 15 is 0 Å². The molecule has 0 amide bonds. The van der Waals surface area contributed by atoms with Gasteiger partial charge in [-0.25, -0.2) is 10.4 Å². The number of rotatable bonds is 4. The van der Waals surface area contributed by atoms with Gasteiger partial charge >= 0.3 is 0 Å². The Morgan fingerprint density at radius 2 is 1.88 bits per heavy atom. The van der Waals surface area contributed by atoms with E-state index in [-0.39, 0.29) is 22.2 Å². The fraction of sp³-hybridized carbons (Fsp3) is 0.588. The number of quaternary nitrogens is 2. The molecule has 1 aromatic carbocycles. The lowest BCUT2D eigenvalue weighted by Crippen LogP contribution is -3.00. The zero-order valence-electron chi connectivity index (χ0n) is 14.8. The summed E-state index contributed by atoms with van der Waals surface area (Å²) >= 11 is 0. The third-order valence-corrected chi connectivity index (χ3v) is 6.61. The lowest BCUT2D eigenvalue weighted by molar-refractivity contribution is -0.996. The smallest absolute Gasteiger partial charge is 0.195 e. The molecule has 138 valence electrons. The molecule has 2 aliphatic carbocycles. The van der Waals surface area contributed by atoms with Crippen LogP contribution < -0.4 is 15.9 Å². The van der Waals surface area contributed by atoms with Gasteiger partial charge in [-0.05, 0) is 43.1 Å². The van der Waals surface area contributed by atoms with Gasteiger partial charge in [0.15, 0.2) is 11.4 Å². The molecule has 0 radical (unpaired) electrons. The van der Waals surface area contributed by atoms with Crippen molar-refractivity contribution in [2.75, 3.05) is 5.43 Å². The second-order valence-corrected chi connectivity index (χ2v) is 7.87. The van der Waals surface area contributed by atoms with Crippen molar-refractivity contribution >= 4 is 22.8 Å². The summed E-state index contributed by atoms with van der Waals surface area (Å²) < 4.78 is 0. The summed E-state index contributed by atoms with van der Waals surface area (Å²) in [6.45, 7) is 6.84. The van der Waals surface area contributed by atoms with Crippen molar-refractivity contribution in [3.63, 3.8) is 0 Å². The molecule has 2 aliphatic rings. The van der Waals surface area contributed by atoms with Crippen LogP contribution in [0.3, 0.4) is 0 Å². The standard InChI is InChI=1S/C17H26N4O4/c1-16(2)11-4-7-15(17(16,3)9-8-11)19-18-13-6-5-12(20(22)23)10-14(13)21(24)25/h5-6,10-11,18,20-22,24H,4,7-9H2,1-3H3. The van der Waals surface area contributed by atoms with Crippen molar-refractivity contribution in [3.8, 4) is 0 Å². The molecule has 0 spiro atoms. The minimum absolute atomic E-state index is 0.00725. The quantitative estimate of drug-likeness (QED) is 0.527. The van der Waals surface area contributed by atoms with Gasteiger partial charge in [0.05, 0.1) is 6.07 Å². The Hall–Kier alpha value is -1.55. The van der Waals surface area contributed by atoms with E-state index in [1.54, 1.807) is 0 Å². The minimum atomic E-state index is -1.18. The van der Waals surface area contributed by atoms with Crippen molar-refractivity contribution in [1.82, 2.24) is 0 Å². The van der Waals surface area contributed by atoms with E-state index in [4.69, 9.17) is 5.21 Å². The summed E-state index contributed by atoms with van der Waals surface area (Å²) in [5.74, 6) is 0.709. The number of anilines is 1. The molecule has 5 N–H and O–H groups in total. The van der Waals surface area contributed by atoms with Crippen LogP contribution in [0.15, 0.2) is 23.3 Å². The highest BCUT2D eigenvalue weighted by molar-refractivity contribution is 5.92. The lowest BCUT2D eigenvalue weighted by Gasteiger charge is -2.46. The number of hydrogen-bond acceptors (Lipinski definition) is 6. The van der Waals surface area contributed by atoms with Crippen molar-refractivity contribution in [2.45, 2.75) is 46.5 Å². The van der Waals surface area contributed by atoms with Crippen molar-refractivity contribution in [1.29, 1.82) is 0 Å². The Kier molecular flexibility index (Phi) is 4.61. The van der Waals surface area contributed by atoms with Crippen molar-refractivity contribution < 1.29 is 20.9 Å². The summed E-state index contributed by atoms with van der Waals surface area (Å²) in [7, 11) is 0. The predicted molar refractivity (Wildman–Crippen MR) is 92.9 cm³/mol. The molecule has 1 aromatic rings. The van der Waals surface area contributed by atoms with Gasteiger partial charge in [0.1, 0.15) is 5.69 Å². The maximum Gasteiger partial charge on any atom is 0.195 e. The van der Waals surface area contributed by atoms with Crippen LogP contribution in [-0.4, -0.2) is 16.1 Å². The fourth-order valence-electron chi connectivity index (χ4n) is 4.46. The van der Waals surface area contributed by atoms with E-state index in [2.05, 4.69) is 31.3 Å². The summed E-state index contributed by atoms with van der Waals surface area (Å²) in [5, 5.41) is 43.2. The van der Waals surface area contributed by atoms with Gasteiger partial charge in [-0.1, -0.05) is 20.8 Å². The van der Waals surface area contributed by atoms with Crippen LogP contribution >= 0.6 is 0 Å². The Bertz CT molecular complexity index is 689. The summed E-state index contributed by atoms with van der Waals surface area (Å²) in [4.78, 5) is 0. The third kappa shape index (κ3) is 2.95. The topological polar surface area (TPSA) is 120 Å². The van der Waals surface area contributed by atoms with Crippen LogP contribution in [0.2, 0.25) is 0 Å². The molecule has 25 heavy (non-hydrogen) atoms. The zero-order chi connectivity index (χ0) is 18.4. The van der Waals surface area contributed by atoms with Gasteiger partial charge in [-0.3, -0.25) is 5.43 Å². The van der Waals surface area contributed by atoms with Gasteiger partial charge in [-0.2, -0.15) is 15.6 Å². The zero-order valence-corrected chi connectivity index (χ0v) is 14.8. The van der Waals surface area contributed by atoms with E-state index in [1.807, 2.05) is 0 Å². The molecule has 3 rings (SSSR count). The molecule has 0 aliphatic heterocycles. The van der Waals surface area contributed by atoms with E-state index < -0.39 is 10.5 Å². The normalized spacial score (nSPS) is 31.8.